The molecule has 6 rings (SSSR count). The van der Waals surface area contributed by atoms with Gasteiger partial charge in [0.2, 0.25) is 0 Å². The molecule has 178 valence electrons. The van der Waals surface area contributed by atoms with E-state index in [0.717, 1.165) is 55.8 Å². The summed E-state index contributed by atoms with van der Waals surface area (Å²) in [6.07, 6.45) is 9.11. The third-order valence-electron chi connectivity index (χ3n) is 7.56. The van der Waals surface area contributed by atoms with Crippen molar-refractivity contribution < 1.29 is 19.7 Å². The Morgan fingerprint density at radius 2 is 2.09 bits per heavy atom. The van der Waals surface area contributed by atoms with E-state index in [1.165, 1.54) is 6.20 Å². The highest BCUT2D eigenvalue weighted by Gasteiger charge is 2.48. The number of fused-ring (bicyclic) bond motifs is 2. The van der Waals surface area contributed by atoms with Crippen molar-refractivity contribution in [1.82, 2.24) is 14.6 Å². The second-order valence-corrected chi connectivity index (χ2v) is 10.1. The van der Waals surface area contributed by atoms with Crippen molar-refractivity contribution in [3.05, 3.63) is 47.9 Å². The van der Waals surface area contributed by atoms with Crippen molar-refractivity contribution in [3.63, 3.8) is 0 Å². The molecule has 1 atom stereocenters. The average Bonchev–Trinajstić information content (AvgIpc) is 3.31. The lowest BCUT2D eigenvalue weighted by Gasteiger charge is -2.37. The van der Waals surface area contributed by atoms with Gasteiger partial charge in [-0.25, -0.2) is 9.50 Å². The van der Waals surface area contributed by atoms with Crippen molar-refractivity contribution in [3.8, 4) is 5.75 Å². The molecule has 9 nitrogen and oxygen atoms in total. The summed E-state index contributed by atoms with van der Waals surface area (Å²) < 4.78 is 7.67. The van der Waals surface area contributed by atoms with Crippen molar-refractivity contribution in [2.24, 2.45) is 5.92 Å². The van der Waals surface area contributed by atoms with Crippen LogP contribution in [0.25, 0.3) is 5.65 Å². The molecule has 3 N–H and O–H groups in total. The van der Waals surface area contributed by atoms with E-state index in [1.54, 1.807) is 23.0 Å². The molecule has 1 amide bonds. The smallest absolute Gasteiger partial charge is 0.261 e. The fourth-order valence-corrected chi connectivity index (χ4v) is 5.37. The van der Waals surface area contributed by atoms with Gasteiger partial charge in [0.05, 0.1) is 29.8 Å². The van der Waals surface area contributed by atoms with Gasteiger partial charge >= 0.3 is 0 Å². The molecule has 9 heteroatoms. The van der Waals surface area contributed by atoms with E-state index in [9.17, 15) is 15.0 Å². The van der Waals surface area contributed by atoms with E-state index >= 15 is 0 Å². The highest BCUT2D eigenvalue weighted by atomic mass is 16.5. The number of amides is 1. The predicted molar refractivity (Wildman–Crippen MR) is 126 cm³/mol. The molecule has 1 saturated heterocycles. The average molecular weight is 464 g/mol. The van der Waals surface area contributed by atoms with Gasteiger partial charge in [0.25, 0.3) is 5.91 Å². The zero-order chi connectivity index (χ0) is 23.5. The minimum atomic E-state index is -0.670. The molecule has 3 aromatic rings. The third-order valence-corrected chi connectivity index (χ3v) is 7.56. The number of nitrogens with one attached hydrogen (secondary N) is 1. The molecule has 1 saturated carbocycles. The Hall–Kier alpha value is -3.17. The number of benzene rings is 1. The van der Waals surface area contributed by atoms with Gasteiger partial charge < -0.3 is 25.2 Å². The van der Waals surface area contributed by atoms with Crippen LogP contribution in [0.15, 0.2) is 36.8 Å². The van der Waals surface area contributed by atoms with Gasteiger partial charge in [0.15, 0.2) is 5.65 Å². The topological polar surface area (TPSA) is 112 Å². The molecule has 0 spiro atoms. The summed E-state index contributed by atoms with van der Waals surface area (Å²) in [4.78, 5) is 19.8. The van der Waals surface area contributed by atoms with Gasteiger partial charge in [-0.3, -0.25) is 4.79 Å². The molecular weight excluding hydrogens is 434 g/mol. The first-order chi connectivity index (χ1) is 16.4. The zero-order valence-electron chi connectivity index (χ0n) is 19.2. The maximum absolute atomic E-state index is 13.3. The predicted octanol–water partition coefficient (Wildman–Crippen LogP) is 2.41. The molecule has 0 radical (unpaired) electrons. The third kappa shape index (κ3) is 3.59. The lowest BCUT2D eigenvalue weighted by atomic mass is 9.89. The molecule has 1 aliphatic carbocycles. The molecule has 2 aliphatic heterocycles. The maximum Gasteiger partial charge on any atom is 0.261 e. The first-order valence-electron chi connectivity index (χ1n) is 11.9. The maximum atomic E-state index is 13.3. The van der Waals surface area contributed by atoms with Gasteiger partial charge in [0.1, 0.15) is 16.9 Å². The molecule has 0 unspecified atom stereocenters. The van der Waals surface area contributed by atoms with Crippen LogP contribution in [0.5, 0.6) is 5.75 Å². The first-order valence-corrected chi connectivity index (χ1v) is 11.9. The first kappa shape index (κ1) is 21.4. The molecule has 4 heterocycles. The highest BCUT2D eigenvalue weighted by molar-refractivity contribution is 6.09. The Bertz CT molecular complexity index is 1260. The van der Waals surface area contributed by atoms with Crippen molar-refractivity contribution in [2.75, 3.05) is 29.9 Å². The van der Waals surface area contributed by atoms with Gasteiger partial charge in [-0.1, -0.05) is 0 Å². The van der Waals surface area contributed by atoms with Gasteiger partial charge in [-0.05, 0) is 50.7 Å². The van der Waals surface area contributed by atoms with Crippen molar-refractivity contribution in [2.45, 2.75) is 50.2 Å². The molecule has 2 fully saturated rings. The Labute approximate surface area is 197 Å². The summed E-state index contributed by atoms with van der Waals surface area (Å²) in [5.41, 5.74) is 2.31. The highest BCUT2D eigenvalue weighted by Crippen LogP contribution is 2.48. The number of ether oxygens (including phenoxy) is 1. The van der Waals surface area contributed by atoms with Crippen LogP contribution in [-0.2, 0) is 6.42 Å². The van der Waals surface area contributed by atoms with Crippen LogP contribution in [0.4, 0.5) is 11.4 Å². The molecule has 2 aromatic heterocycles. The van der Waals surface area contributed by atoms with E-state index in [-0.39, 0.29) is 12.5 Å². The number of carbonyl (C=O) groups excluding carboxylic acids is 1. The second-order valence-electron chi connectivity index (χ2n) is 10.1. The van der Waals surface area contributed by atoms with E-state index in [0.29, 0.717) is 29.2 Å². The number of rotatable bonds is 5. The Kier molecular flexibility index (Phi) is 4.82. The SMILES string of the molecule is C[C@@]1(CO)Cc2cc(NC(=O)c3cnn4cccnc34)c(N3CCC(C4(O)CC4)CC3)cc2O1. The second kappa shape index (κ2) is 7.68. The fourth-order valence-electron chi connectivity index (χ4n) is 5.37. The number of piperidine rings is 1. The van der Waals surface area contributed by atoms with Gasteiger partial charge in [-0.2, -0.15) is 5.10 Å². The molecule has 34 heavy (non-hydrogen) atoms. The van der Waals surface area contributed by atoms with E-state index < -0.39 is 11.2 Å². The number of aliphatic hydroxyl groups excluding tert-OH is 1. The summed E-state index contributed by atoms with van der Waals surface area (Å²) in [5, 5.41) is 27.7. The minimum Gasteiger partial charge on any atom is -0.484 e. The summed E-state index contributed by atoms with van der Waals surface area (Å²) in [7, 11) is 0. The largest absolute Gasteiger partial charge is 0.484 e. The number of carbonyl (C=O) groups is 1. The zero-order valence-corrected chi connectivity index (χ0v) is 19.2. The lowest BCUT2D eigenvalue weighted by molar-refractivity contribution is 0.0446. The molecule has 1 aromatic carbocycles. The van der Waals surface area contributed by atoms with Gasteiger partial charge in [-0.15, -0.1) is 0 Å². The normalized spacial score (nSPS) is 23.6. The van der Waals surface area contributed by atoms with Crippen LogP contribution in [-0.4, -0.2) is 61.6 Å². The summed E-state index contributed by atoms with van der Waals surface area (Å²) in [5.74, 6) is 0.793. The molecule has 3 aliphatic rings. The monoisotopic (exact) mass is 463 g/mol. The summed E-state index contributed by atoms with van der Waals surface area (Å²) >= 11 is 0. The van der Waals surface area contributed by atoms with Crippen LogP contribution in [0.1, 0.15) is 48.5 Å². The summed E-state index contributed by atoms with van der Waals surface area (Å²) in [6, 6.07) is 5.70. The van der Waals surface area contributed by atoms with E-state index in [1.807, 2.05) is 19.1 Å². The fraction of sp³-hybridized carbons (Fsp3) is 0.480. The Balaban J connectivity index is 1.32. The number of aromatic nitrogens is 3. The van der Waals surface area contributed by atoms with E-state index in [4.69, 9.17) is 4.74 Å². The summed E-state index contributed by atoms with van der Waals surface area (Å²) in [6.45, 7) is 3.39. The van der Waals surface area contributed by atoms with Crippen molar-refractivity contribution >= 4 is 22.9 Å². The number of hydrogen-bond donors (Lipinski definition) is 3. The quantitative estimate of drug-likeness (QED) is 0.533. The van der Waals surface area contributed by atoms with Crippen LogP contribution in [0, 0.1) is 5.92 Å². The lowest BCUT2D eigenvalue weighted by Crippen LogP contribution is -2.39. The number of aliphatic hydroxyl groups is 2. The van der Waals surface area contributed by atoms with Crippen LogP contribution in [0.2, 0.25) is 0 Å². The number of anilines is 2. The standard InChI is InChI=1S/C25H29N5O4/c1-24(15-31)13-16-11-19(28-23(32)18-14-27-30-8-2-7-26-22(18)30)20(12-21(16)34-24)29-9-3-17(4-10-29)25(33)5-6-25/h2,7-8,11-12,14,17,31,33H,3-6,9-10,13,15H2,1H3,(H,28,32)/t24-/m0/s1. The minimum absolute atomic E-state index is 0.0866. The van der Waals surface area contributed by atoms with Crippen LogP contribution >= 0.6 is 0 Å². The number of hydrogen-bond acceptors (Lipinski definition) is 7. The van der Waals surface area contributed by atoms with E-state index in [2.05, 4.69) is 20.3 Å². The number of nitrogens with zero attached hydrogens (tertiary/aromatic N) is 4. The molecular formula is C25H29N5O4. The van der Waals surface area contributed by atoms with Gasteiger partial charge in [0, 0.05) is 43.5 Å². The van der Waals surface area contributed by atoms with Crippen LogP contribution < -0.4 is 15.0 Å². The Morgan fingerprint density at radius 1 is 1.29 bits per heavy atom. The van der Waals surface area contributed by atoms with Crippen molar-refractivity contribution in [1.29, 1.82) is 0 Å². The van der Waals surface area contributed by atoms with Crippen LogP contribution in [0.3, 0.4) is 0 Å². The molecule has 0 bridgehead atoms. The Morgan fingerprint density at radius 3 is 2.82 bits per heavy atom.